The first kappa shape index (κ1) is 9.31. The van der Waals surface area contributed by atoms with Gasteiger partial charge in [-0.05, 0) is 13.0 Å². The van der Waals surface area contributed by atoms with Gasteiger partial charge in [0.25, 0.3) is 0 Å². The number of ether oxygens (including phenoxy) is 2. The molecular weight excluding hydrogens is 176 g/mol. The van der Waals surface area contributed by atoms with Crippen LogP contribution in [-0.4, -0.2) is 23.7 Å². The molecule has 0 amide bonds. The molecule has 0 saturated heterocycles. The highest BCUT2D eigenvalue weighted by Gasteiger charge is 2.23. The lowest BCUT2D eigenvalue weighted by Gasteiger charge is -2.00. The molecule has 0 aromatic heterocycles. The number of esters is 2. The van der Waals surface area contributed by atoms with Crippen LogP contribution >= 0.6 is 0 Å². The number of aliphatic hydroxyl groups is 1. The zero-order valence-electron chi connectivity index (χ0n) is 6.94. The minimum Gasteiger partial charge on any atom is -0.501 e. The summed E-state index contributed by atoms with van der Waals surface area (Å²) < 4.78 is 8.85. The number of carbonyl (C=O) groups is 2. The van der Waals surface area contributed by atoms with Gasteiger partial charge in [-0.1, -0.05) is 0 Å². The van der Waals surface area contributed by atoms with Crippen LogP contribution in [0.3, 0.4) is 0 Å². The molecule has 0 radical (unpaired) electrons. The Morgan fingerprint density at radius 1 is 1.69 bits per heavy atom. The van der Waals surface area contributed by atoms with E-state index in [9.17, 15) is 14.7 Å². The average molecular weight is 184 g/mol. The van der Waals surface area contributed by atoms with Crippen molar-refractivity contribution in [2.24, 2.45) is 0 Å². The molecule has 13 heavy (non-hydrogen) atoms. The first-order chi connectivity index (χ1) is 6.16. The summed E-state index contributed by atoms with van der Waals surface area (Å²) in [7, 11) is 0. The Labute approximate surface area is 74.3 Å². The van der Waals surface area contributed by atoms with Crippen LogP contribution in [0.15, 0.2) is 23.7 Å². The molecule has 1 N–H and O–H groups in total. The Bertz CT molecular complexity index is 300. The Hall–Kier alpha value is -1.78. The summed E-state index contributed by atoms with van der Waals surface area (Å²) >= 11 is 0. The SMILES string of the molecule is CCOC(=O)C(O)=C1C=COC1=O. The van der Waals surface area contributed by atoms with Crippen LogP contribution in [0.25, 0.3) is 0 Å². The van der Waals surface area contributed by atoms with Gasteiger partial charge < -0.3 is 14.6 Å². The monoisotopic (exact) mass is 184 g/mol. The summed E-state index contributed by atoms with van der Waals surface area (Å²) in [6.07, 6.45) is 2.29. The molecule has 0 aliphatic carbocycles. The van der Waals surface area contributed by atoms with Crippen molar-refractivity contribution < 1.29 is 24.2 Å². The highest BCUT2D eigenvalue weighted by atomic mass is 16.5. The third-order valence-electron chi connectivity index (χ3n) is 1.35. The van der Waals surface area contributed by atoms with E-state index in [0.717, 1.165) is 6.26 Å². The first-order valence-electron chi connectivity index (χ1n) is 3.64. The summed E-state index contributed by atoms with van der Waals surface area (Å²) in [6, 6.07) is 0. The molecule has 0 saturated carbocycles. The third kappa shape index (κ3) is 1.87. The van der Waals surface area contributed by atoms with E-state index in [1.165, 1.54) is 6.08 Å². The summed E-state index contributed by atoms with van der Waals surface area (Å²) in [6.45, 7) is 1.73. The first-order valence-corrected chi connectivity index (χ1v) is 3.64. The maximum Gasteiger partial charge on any atom is 0.374 e. The Balaban J connectivity index is 2.85. The van der Waals surface area contributed by atoms with Gasteiger partial charge in [0, 0.05) is 0 Å². The van der Waals surface area contributed by atoms with E-state index in [4.69, 9.17) is 0 Å². The molecule has 1 aliphatic heterocycles. The molecule has 0 aromatic rings. The summed E-state index contributed by atoms with van der Waals surface area (Å²) in [5, 5.41) is 9.17. The van der Waals surface area contributed by atoms with Crippen molar-refractivity contribution in [3.05, 3.63) is 23.7 Å². The molecule has 1 heterocycles. The maximum absolute atomic E-state index is 10.9. The van der Waals surface area contributed by atoms with Gasteiger partial charge in [0.1, 0.15) is 5.57 Å². The van der Waals surface area contributed by atoms with Gasteiger partial charge in [0.05, 0.1) is 12.9 Å². The van der Waals surface area contributed by atoms with Gasteiger partial charge in [0.2, 0.25) is 5.76 Å². The molecule has 0 unspecified atom stereocenters. The van der Waals surface area contributed by atoms with E-state index in [-0.39, 0.29) is 12.2 Å². The lowest BCUT2D eigenvalue weighted by atomic mass is 10.2. The highest BCUT2D eigenvalue weighted by Crippen LogP contribution is 2.13. The van der Waals surface area contributed by atoms with Crippen LogP contribution in [0.2, 0.25) is 0 Å². The largest absolute Gasteiger partial charge is 0.501 e. The predicted octanol–water partition coefficient (Wildman–Crippen LogP) is 0.432. The standard InChI is InChI=1S/C8H8O5/c1-2-12-8(11)6(9)5-3-4-13-7(5)10/h3-4,9H,2H2,1H3. The van der Waals surface area contributed by atoms with Crippen molar-refractivity contribution in [2.45, 2.75) is 6.92 Å². The van der Waals surface area contributed by atoms with Crippen molar-refractivity contribution in [1.82, 2.24) is 0 Å². The second-order valence-corrected chi connectivity index (χ2v) is 2.19. The molecule has 0 aromatic carbocycles. The molecule has 5 nitrogen and oxygen atoms in total. The Kier molecular flexibility index (Phi) is 2.69. The van der Waals surface area contributed by atoms with Crippen LogP contribution in [-0.2, 0) is 19.1 Å². The van der Waals surface area contributed by atoms with Crippen molar-refractivity contribution in [1.29, 1.82) is 0 Å². The van der Waals surface area contributed by atoms with Crippen molar-refractivity contribution in [3.63, 3.8) is 0 Å². The second kappa shape index (κ2) is 3.75. The second-order valence-electron chi connectivity index (χ2n) is 2.19. The topological polar surface area (TPSA) is 72.8 Å². The molecule has 70 valence electrons. The number of carbonyl (C=O) groups excluding carboxylic acids is 2. The van der Waals surface area contributed by atoms with Crippen molar-refractivity contribution in [3.8, 4) is 0 Å². The van der Waals surface area contributed by atoms with Gasteiger partial charge in [-0.25, -0.2) is 9.59 Å². The van der Waals surface area contributed by atoms with Crippen molar-refractivity contribution >= 4 is 11.9 Å². The fourth-order valence-electron chi connectivity index (χ4n) is 0.780. The number of hydrogen-bond acceptors (Lipinski definition) is 5. The molecule has 1 aliphatic rings. The fraction of sp³-hybridized carbons (Fsp3) is 0.250. The lowest BCUT2D eigenvalue weighted by molar-refractivity contribution is -0.142. The molecular formula is C8H8O5. The van der Waals surface area contributed by atoms with Gasteiger partial charge in [0.15, 0.2) is 0 Å². The van der Waals surface area contributed by atoms with Crippen molar-refractivity contribution in [2.75, 3.05) is 6.61 Å². The van der Waals surface area contributed by atoms with Gasteiger partial charge in [-0.3, -0.25) is 0 Å². The number of hydrogen-bond donors (Lipinski definition) is 1. The lowest BCUT2D eigenvalue weighted by Crippen LogP contribution is -2.12. The molecule has 0 bridgehead atoms. The quantitative estimate of drug-likeness (QED) is 0.382. The molecule has 0 atom stereocenters. The fourth-order valence-corrected chi connectivity index (χ4v) is 0.780. The number of cyclic esters (lactones) is 1. The van der Waals surface area contributed by atoms with E-state index in [1.54, 1.807) is 6.92 Å². The van der Waals surface area contributed by atoms with Crippen LogP contribution in [0.1, 0.15) is 6.92 Å². The van der Waals surface area contributed by atoms with Crippen LogP contribution in [0.5, 0.6) is 0 Å². The molecule has 0 fully saturated rings. The molecule has 1 rings (SSSR count). The Morgan fingerprint density at radius 2 is 2.38 bits per heavy atom. The minimum atomic E-state index is -0.930. The number of rotatable bonds is 2. The summed E-state index contributed by atoms with van der Waals surface area (Å²) in [5.74, 6) is -2.41. The smallest absolute Gasteiger partial charge is 0.374 e. The van der Waals surface area contributed by atoms with Gasteiger partial charge >= 0.3 is 11.9 Å². The van der Waals surface area contributed by atoms with E-state index in [1.807, 2.05) is 0 Å². The maximum atomic E-state index is 10.9. The molecule has 0 spiro atoms. The zero-order valence-corrected chi connectivity index (χ0v) is 6.94. The highest BCUT2D eigenvalue weighted by molar-refractivity contribution is 6.02. The molecule has 5 heteroatoms. The predicted molar refractivity (Wildman–Crippen MR) is 41.5 cm³/mol. The third-order valence-corrected chi connectivity index (χ3v) is 1.35. The minimum absolute atomic E-state index is 0.134. The number of aliphatic hydroxyl groups excluding tert-OH is 1. The zero-order chi connectivity index (χ0) is 9.84. The van der Waals surface area contributed by atoms with Crippen LogP contribution in [0.4, 0.5) is 0 Å². The summed E-state index contributed by atoms with van der Waals surface area (Å²) in [5.41, 5.74) is -0.182. The average Bonchev–Trinajstić information content (AvgIpc) is 2.50. The van der Waals surface area contributed by atoms with Crippen LogP contribution in [0, 0.1) is 0 Å². The van der Waals surface area contributed by atoms with E-state index in [2.05, 4.69) is 9.47 Å². The van der Waals surface area contributed by atoms with E-state index in [0.29, 0.717) is 0 Å². The van der Waals surface area contributed by atoms with Crippen LogP contribution < -0.4 is 0 Å². The van der Waals surface area contributed by atoms with Gasteiger partial charge in [-0.15, -0.1) is 0 Å². The summed E-state index contributed by atoms with van der Waals surface area (Å²) in [4.78, 5) is 21.7. The van der Waals surface area contributed by atoms with E-state index < -0.39 is 17.7 Å². The Morgan fingerprint density at radius 3 is 2.85 bits per heavy atom. The normalized spacial score (nSPS) is 18.4. The van der Waals surface area contributed by atoms with E-state index >= 15 is 0 Å². The van der Waals surface area contributed by atoms with Gasteiger partial charge in [-0.2, -0.15) is 0 Å².